The molecule has 0 bridgehead atoms. The molecule has 0 heterocycles. The predicted octanol–water partition coefficient (Wildman–Crippen LogP) is 3.49. The Morgan fingerprint density at radius 3 is 2.10 bits per heavy atom. The molecule has 0 aliphatic heterocycles. The van der Waals surface area contributed by atoms with E-state index in [1.165, 1.54) is 5.57 Å². The Hall–Kier alpha value is -0.160. The van der Waals surface area contributed by atoms with Gasteiger partial charge in [-0.15, -0.1) is 0 Å². The van der Waals surface area contributed by atoms with Gasteiger partial charge < -0.3 is 0 Å². The first-order valence-corrected chi connectivity index (χ1v) is 4.89. The van der Waals surface area contributed by atoms with Crippen molar-refractivity contribution in [3.05, 3.63) is 11.4 Å². The van der Waals surface area contributed by atoms with Crippen molar-refractivity contribution >= 4 is 8.46 Å². The van der Waals surface area contributed by atoms with Gasteiger partial charge in [0.25, 0.3) is 0 Å². The van der Waals surface area contributed by atoms with Gasteiger partial charge in [-0.3, -0.25) is 0 Å². The quantitative estimate of drug-likeness (QED) is 0.561. The molecule has 0 rings (SSSR count). The fraction of sp³-hybridized carbons (Fsp3) is 0.750. The number of hydrogen-bond donors (Lipinski definition) is 0. The fourth-order valence-corrected chi connectivity index (χ4v) is 1.45. The largest absolute Gasteiger partial charge is 0.355 e. The van der Waals surface area contributed by atoms with Gasteiger partial charge in [-0.25, -0.2) is 0 Å². The minimum Gasteiger partial charge on any atom is -0.0714 e. The van der Waals surface area contributed by atoms with Gasteiger partial charge in [0.2, 0.25) is 0 Å². The van der Waals surface area contributed by atoms with E-state index in [1.54, 1.807) is 0 Å². The summed E-state index contributed by atoms with van der Waals surface area (Å²) >= 11 is 0. The van der Waals surface area contributed by atoms with Crippen LogP contribution in [0.5, 0.6) is 0 Å². The van der Waals surface area contributed by atoms with Gasteiger partial charge in [-0.2, -0.15) is 0 Å². The van der Waals surface area contributed by atoms with E-state index >= 15 is 0 Å². The number of allylic oxidation sites excluding steroid dienone is 1. The van der Waals surface area contributed by atoms with E-state index in [-0.39, 0.29) is 8.46 Å². The summed E-state index contributed by atoms with van der Waals surface area (Å²) in [7, 11) is -0.254. The third-order valence-electron chi connectivity index (χ3n) is 1.41. The van der Waals surface area contributed by atoms with E-state index in [2.05, 4.69) is 13.8 Å². The molecule has 2 heteroatoms. The second-order valence-electron chi connectivity index (χ2n) is 2.42. The Morgan fingerprint density at radius 2 is 1.80 bits per heavy atom. The van der Waals surface area contributed by atoms with Crippen LogP contribution >= 0.6 is 8.46 Å². The molecule has 0 aliphatic rings. The van der Waals surface area contributed by atoms with Crippen LogP contribution in [0.15, 0.2) is 11.4 Å². The minimum absolute atomic E-state index is 0.254. The lowest BCUT2D eigenvalue weighted by Gasteiger charge is -1.97. The van der Waals surface area contributed by atoms with Crippen LogP contribution < -0.4 is 0 Å². The van der Waals surface area contributed by atoms with Gasteiger partial charge >= 0.3 is 8.46 Å². The Morgan fingerprint density at radius 1 is 1.30 bits per heavy atom. The molecule has 1 unspecified atom stereocenters. The molecule has 0 aromatic rings. The summed E-state index contributed by atoms with van der Waals surface area (Å²) in [6.07, 6.45) is 4.55. The van der Waals surface area contributed by atoms with Crippen LogP contribution in [0.4, 0.5) is 0 Å². The molecule has 0 aliphatic carbocycles. The smallest absolute Gasteiger partial charge is 0.0714 e. The van der Waals surface area contributed by atoms with Crippen molar-refractivity contribution in [2.45, 2.75) is 39.5 Å². The molecule has 0 radical (unpaired) electrons. The Bertz CT molecular complexity index is 110. The Kier molecular flexibility index (Phi) is 6.84. The molecule has 0 spiro atoms. The highest BCUT2D eigenvalue weighted by Gasteiger charge is 1.96. The van der Waals surface area contributed by atoms with E-state index in [9.17, 15) is 4.57 Å². The Labute approximate surface area is 64.7 Å². The summed E-state index contributed by atoms with van der Waals surface area (Å²) in [6.45, 7) is 4.30. The maximum Gasteiger partial charge on any atom is 0.355 e. The standard InChI is InChI=1S/C8H15OP/c1-3-5-8(6-4-2)7-10-9/h7H,3-6H2,1-2H3/p+1. The molecule has 0 aromatic carbocycles. The predicted molar refractivity (Wildman–Crippen MR) is 46.9 cm³/mol. The van der Waals surface area contributed by atoms with Crippen LogP contribution in [0.2, 0.25) is 0 Å². The Balaban J connectivity index is 3.71. The molecule has 1 nitrogen and oxygen atoms in total. The third kappa shape index (κ3) is 4.69. The lowest BCUT2D eigenvalue weighted by atomic mass is 10.1. The van der Waals surface area contributed by atoms with Gasteiger partial charge in [0.1, 0.15) is 0 Å². The average Bonchev–Trinajstić information content (AvgIpc) is 1.90. The van der Waals surface area contributed by atoms with Crippen molar-refractivity contribution in [1.82, 2.24) is 0 Å². The summed E-state index contributed by atoms with van der Waals surface area (Å²) < 4.78 is 10.2. The highest BCUT2D eigenvalue weighted by molar-refractivity contribution is 7.27. The highest BCUT2D eigenvalue weighted by atomic mass is 31.1. The van der Waals surface area contributed by atoms with Gasteiger partial charge in [0, 0.05) is 0 Å². The van der Waals surface area contributed by atoms with Crippen LogP contribution in [0.3, 0.4) is 0 Å². The van der Waals surface area contributed by atoms with Crippen LogP contribution in [0, 0.1) is 0 Å². The number of hydrogen-bond acceptors (Lipinski definition) is 1. The molecule has 0 saturated carbocycles. The van der Waals surface area contributed by atoms with Crippen LogP contribution in [0.25, 0.3) is 0 Å². The van der Waals surface area contributed by atoms with Crippen molar-refractivity contribution in [3.8, 4) is 0 Å². The molecular formula is C8H16OP+. The first-order chi connectivity index (χ1) is 4.85. The SMILES string of the molecule is CCCC(=C[PH+]=O)CCC. The van der Waals surface area contributed by atoms with Crippen LogP contribution in [0.1, 0.15) is 39.5 Å². The zero-order valence-corrected chi connectivity index (χ0v) is 7.81. The summed E-state index contributed by atoms with van der Waals surface area (Å²) in [5, 5.41) is 0. The second-order valence-corrected chi connectivity index (χ2v) is 2.94. The minimum atomic E-state index is -0.254. The molecule has 1 atom stereocenters. The van der Waals surface area contributed by atoms with Gasteiger partial charge in [-0.05, 0) is 18.4 Å². The maximum absolute atomic E-state index is 10.2. The molecule has 58 valence electrons. The zero-order valence-electron chi connectivity index (χ0n) is 6.81. The summed E-state index contributed by atoms with van der Waals surface area (Å²) in [5.41, 5.74) is 1.36. The summed E-state index contributed by atoms with van der Waals surface area (Å²) in [6, 6.07) is 0. The molecule has 10 heavy (non-hydrogen) atoms. The van der Waals surface area contributed by atoms with E-state index in [1.807, 2.05) is 5.82 Å². The van der Waals surface area contributed by atoms with Gasteiger partial charge in [-0.1, -0.05) is 31.3 Å². The third-order valence-corrected chi connectivity index (χ3v) is 1.93. The normalized spacial score (nSPS) is 9.80. The molecule has 0 amide bonds. The highest BCUT2D eigenvalue weighted by Crippen LogP contribution is 2.15. The van der Waals surface area contributed by atoms with Crippen LogP contribution in [-0.4, -0.2) is 0 Å². The van der Waals surface area contributed by atoms with Crippen molar-refractivity contribution in [2.75, 3.05) is 0 Å². The molecule has 0 fully saturated rings. The first-order valence-electron chi connectivity index (χ1n) is 3.90. The lowest BCUT2D eigenvalue weighted by molar-refractivity contribution is 0.602. The zero-order chi connectivity index (χ0) is 7.82. The summed E-state index contributed by atoms with van der Waals surface area (Å²) in [4.78, 5) is 0. The molecule has 0 saturated heterocycles. The fourth-order valence-electron chi connectivity index (χ4n) is 0.995. The monoisotopic (exact) mass is 159 g/mol. The molecule has 0 aromatic heterocycles. The topological polar surface area (TPSA) is 17.1 Å². The van der Waals surface area contributed by atoms with E-state index in [0.29, 0.717) is 0 Å². The van der Waals surface area contributed by atoms with Crippen molar-refractivity contribution in [3.63, 3.8) is 0 Å². The number of rotatable bonds is 5. The maximum atomic E-state index is 10.2. The summed E-state index contributed by atoms with van der Waals surface area (Å²) in [5.74, 6) is 1.85. The van der Waals surface area contributed by atoms with Gasteiger partial charge in [0.05, 0.1) is 0 Å². The van der Waals surface area contributed by atoms with E-state index in [0.717, 1.165) is 25.7 Å². The van der Waals surface area contributed by atoms with Crippen LogP contribution in [-0.2, 0) is 4.57 Å². The average molecular weight is 159 g/mol. The first kappa shape index (κ1) is 9.84. The van der Waals surface area contributed by atoms with Crippen molar-refractivity contribution in [2.24, 2.45) is 0 Å². The van der Waals surface area contributed by atoms with E-state index < -0.39 is 0 Å². The molecule has 0 N–H and O–H groups in total. The van der Waals surface area contributed by atoms with Crippen molar-refractivity contribution < 1.29 is 4.57 Å². The lowest BCUT2D eigenvalue weighted by Crippen LogP contribution is -1.79. The van der Waals surface area contributed by atoms with Crippen molar-refractivity contribution in [1.29, 1.82) is 0 Å². The van der Waals surface area contributed by atoms with Gasteiger partial charge in [0.15, 0.2) is 5.82 Å². The molecular weight excluding hydrogens is 143 g/mol. The van der Waals surface area contributed by atoms with E-state index in [4.69, 9.17) is 0 Å². The second kappa shape index (κ2) is 6.95.